The summed E-state index contributed by atoms with van der Waals surface area (Å²) in [7, 11) is 0. The minimum Gasteiger partial charge on any atom is -0.356 e. The lowest BCUT2D eigenvalue weighted by Gasteiger charge is -2.11. The lowest BCUT2D eigenvalue weighted by molar-refractivity contribution is 0.0870. The minimum atomic E-state index is -1.03. The summed E-state index contributed by atoms with van der Waals surface area (Å²) in [5.41, 5.74) is 0.0225. The van der Waals surface area contributed by atoms with Crippen LogP contribution in [0.1, 0.15) is 15.9 Å². The van der Waals surface area contributed by atoms with E-state index in [2.05, 4.69) is 0 Å². The molecule has 1 unspecified atom stereocenters. The first kappa shape index (κ1) is 12.3. The Hall–Kier alpha value is -1.71. The third-order valence-electron chi connectivity index (χ3n) is 3.20. The van der Waals surface area contributed by atoms with Crippen LogP contribution in [0.5, 0.6) is 0 Å². The Bertz CT molecular complexity index is 633. The predicted octanol–water partition coefficient (Wildman–Crippen LogP) is 3.59. The van der Waals surface area contributed by atoms with Crippen molar-refractivity contribution in [3.05, 3.63) is 70.5 Å². The van der Waals surface area contributed by atoms with Crippen LogP contribution in [0.15, 0.2) is 48.5 Å². The zero-order valence-corrected chi connectivity index (χ0v) is 10.7. The summed E-state index contributed by atoms with van der Waals surface area (Å²) in [6.45, 7) is 0.276. The SMILES string of the molecule is O=C(c1ccc(Cl)cc1)C1(c2cccc(F)c2)CO1. The molecule has 1 atom stereocenters. The van der Waals surface area contributed by atoms with Gasteiger partial charge in [0.2, 0.25) is 5.78 Å². The fraction of sp³-hybridized carbons (Fsp3) is 0.133. The molecule has 1 fully saturated rings. The van der Waals surface area contributed by atoms with Crippen molar-refractivity contribution < 1.29 is 13.9 Å². The van der Waals surface area contributed by atoms with Gasteiger partial charge in [-0.25, -0.2) is 4.39 Å². The molecule has 0 radical (unpaired) electrons. The summed E-state index contributed by atoms with van der Waals surface area (Å²) in [6.07, 6.45) is 0. The summed E-state index contributed by atoms with van der Waals surface area (Å²) in [6, 6.07) is 12.5. The average molecular weight is 277 g/mol. The maximum atomic E-state index is 13.3. The molecule has 0 N–H and O–H groups in total. The fourth-order valence-corrected chi connectivity index (χ4v) is 2.20. The number of carbonyl (C=O) groups is 1. The van der Waals surface area contributed by atoms with Gasteiger partial charge in [0.05, 0.1) is 6.61 Å². The molecule has 1 aliphatic heterocycles. The van der Waals surface area contributed by atoms with Crippen molar-refractivity contribution in [2.75, 3.05) is 6.61 Å². The van der Waals surface area contributed by atoms with Gasteiger partial charge in [-0.1, -0.05) is 23.7 Å². The van der Waals surface area contributed by atoms with Gasteiger partial charge in [0, 0.05) is 10.6 Å². The smallest absolute Gasteiger partial charge is 0.201 e. The molecule has 0 bridgehead atoms. The quantitative estimate of drug-likeness (QED) is 0.633. The van der Waals surface area contributed by atoms with E-state index in [1.165, 1.54) is 12.1 Å². The second-order valence-corrected chi connectivity index (χ2v) is 4.90. The van der Waals surface area contributed by atoms with Crippen LogP contribution in [0, 0.1) is 5.82 Å². The molecule has 0 aliphatic carbocycles. The number of carbonyl (C=O) groups excluding carboxylic acids is 1. The number of rotatable bonds is 3. The first-order valence-corrected chi connectivity index (χ1v) is 6.20. The van der Waals surface area contributed by atoms with Gasteiger partial charge in [-0.3, -0.25) is 4.79 Å². The van der Waals surface area contributed by atoms with Crippen molar-refractivity contribution in [2.24, 2.45) is 0 Å². The lowest BCUT2D eigenvalue weighted by atomic mass is 9.91. The molecule has 1 aliphatic rings. The van der Waals surface area contributed by atoms with Crippen molar-refractivity contribution in [3.63, 3.8) is 0 Å². The zero-order valence-electron chi connectivity index (χ0n) is 9.90. The van der Waals surface area contributed by atoms with Crippen LogP contribution in [-0.4, -0.2) is 12.4 Å². The van der Waals surface area contributed by atoms with E-state index in [1.54, 1.807) is 36.4 Å². The number of ketones is 1. The standard InChI is InChI=1S/C15H10ClFO2/c16-12-6-4-10(5-7-12)14(18)15(9-19-15)11-2-1-3-13(17)8-11/h1-8H,9H2. The molecular weight excluding hydrogens is 267 g/mol. The summed E-state index contributed by atoms with van der Waals surface area (Å²) in [4.78, 5) is 12.5. The predicted molar refractivity (Wildman–Crippen MR) is 69.8 cm³/mol. The Morgan fingerprint density at radius 3 is 2.47 bits per heavy atom. The van der Waals surface area contributed by atoms with Gasteiger partial charge in [-0.2, -0.15) is 0 Å². The van der Waals surface area contributed by atoms with E-state index >= 15 is 0 Å². The average Bonchev–Trinajstić information content (AvgIpc) is 3.20. The maximum Gasteiger partial charge on any atom is 0.201 e. The van der Waals surface area contributed by atoms with Crippen molar-refractivity contribution in [3.8, 4) is 0 Å². The highest BCUT2D eigenvalue weighted by Gasteiger charge is 2.53. The first-order chi connectivity index (χ1) is 9.12. The molecule has 2 aromatic rings. The number of halogens is 2. The van der Waals surface area contributed by atoms with Gasteiger partial charge < -0.3 is 4.74 Å². The molecule has 19 heavy (non-hydrogen) atoms. The highest BCUT2D eigenvalue weighted by Crippen LogP contribution is 2.42. The van der Waals surface area contributed by atoms with Crippen LogP contribution in [0.4, 0.5) is 4.39 Å². The summed E-state index contributed by atoms with van der Waals surface area (Å²) >= 11 is 5.79. The first-order valence-electron chi connectivity index (χ1n) is 5.82. The molecule has 4 heteroatoms. The third-order valence-corrected chi connectivity index (χ3v) is 3.45. The molecule has 0 amide bonds. The molecule has 2 nitrogen and oxygen atoms in total. The van der Waals surface area contributed by atoms with Gasteiger partial charge in [0.1, 0.15) is 5.82 Å². The number of hydrogen-bond donors (Lipinski definition) is 0. The second-order valence-electron chi connectivity index (χ2n) is 4.46. The maximum absolute atomic E-state index is 13.3. The molecule has 3 rings (SSSR count). The van der Waals surface area contributed by atoms with Crippen LogP contribution in [-0.2, 0) is 10.3 Å². The Morgan fingerprint density at radius 2 is 1.89 bits per heavy atom. The Morgan fingerprint density at radius 1 is 1.21 bits per heavy atom. The summed E-state index contributed by atoms with van der Waals surface area (Å²) in [5.74, 6) is -0.550. The normalized spacial score (nSPS) is 21.2. The zero-order chi connectivity index (χ0) is 13.5. The molecule has 1 heterocycles. The van der Waals surface area contributed by atoms with Gasteiger partial charge in [0.15, 0.2) is 5.60 Å². The van der Waals surface area contributed by atoms with E-state index in [1.807, 2.05) is 0 Å². The van der Waals surface area contributed by atoms with E-state index in [-0.39, 0.29) is 18.2 Å². The number of ether oxygens (including phenoxy) is 1. The highest BCUT2D eigenvalue weighted by atomic mass is 35.5. The lowest BCUT2D eigenvalue weighted by Crippen LogP contribution is -2.22. The summed E-state index contributed by atoms with van der Waals surface area (Å²) < 4.78 is 18.6. The van der Waals surface area contributed by atoms with Crippen LogP contribution >= 0.6 is 11.6 Å². The van der Waals surface area contributed by atoms with Crippen molar-refractivity contribution in [1.29, 1.82) is 0 Å². The number of hydrogen-bond acceptors (Lipinski definition) is 2. The van der Waals surface area contributed by atoms with Crippen LogP contribution < -0.4 is 0 Å². The van der Waals surface area contributed by atoms with Crippen molar-refractivity contribution >= 4 is 17.4 Å². The highest BCUT2D eigenvalue weighted by molar-refractivity contribution is 6.30. The van der Waals surface area contributed by atoms with E-state index in [4.69, 9.17) is 16.3 Å². The van der Waals surface area contributed by atoms with E-state index < -0.39 is 5.60 Å². The van der Waals surface area contributed by atoms with Crippen LogP contribution in [0.25, 0.3) is 0 Å². The monoisotopic (exact) mass is 276 g/mol. The number of epoxide rings is 1. The van der Waals surface area contributed by atoms with E-state index in [9.17, 15) is 9.18 Å². The minimum absolute atomic E-state index is 0.172. The molecule has 0 spiro atoms. The van der Waals surface area contributed by atoms with Crippen LogP contribution in [0.2, 0.25) is 5.02 Å². The largest absolute Gasteiger partial charge is 0.356 e. The second kappa shape index (κ2) is 4.44. The molecular formula is C15H10ClFO2. The van der Waals surface area contributed by atoms with Crippen molar-refractivity contribution in [1.82, 2.24) is 0 Å². The molecule has 1 saturated heterocycles. The van der Waals surface area contributed by atoms with E-state index in [0.717, 1.165) is 0 Å². The topological polar surface area (TPSA) is 29.6 Å². The third kappa shape index (κ3) is 2.15. The Balaban J connectivity index is 1.97. The molecule has 0 aromatic heterocycles. The summed E-state index contributed by atoms with van der Waals surface area (Å²) in [5, 5.41) is 0.563. The molecule has 0 saturated carbocycles. The number of Topliss-reactive ketones (excluding diaryl/α,β-unsaturated/α-hetero) is 1. The molecule has 96 valence electrons. The molecule has 2 aromatic carbocycles. The van der Waals surface area contributed by atoms with Gasteiger partial charge in [-0.15, -0.1) is 0 Å². The number of benzene rings is 2. The Labute approximate surface area is 114 Å². The van der Waals surface area contributed by atoms with E-state index in [0.29, 0.717) is 16.1 Å². The van der Waals surface area contributed by atoms with Crippen molar-refractivity contribution in [2.45, 2.75) is 5.60 Å². The Kier molecular flexibility index (Phi) is 2.88. The fourth-order valence-electron chi connectivity index (χ4n) is 2.08. The van der Waals surface area contributed by atoms with Gasteiger partial charge in [-0.05, 0) is 42.0 Å². The van der Waals surface area contributed by atoms with Gasteiger partial charge in [0.25, 0.3) is 0 Å². The van der Waals surface area contributed by atoms with Crippen LogP contribution in [0.3, 0.4) is 0 Å². The van der Waals surface area contributed by atoms with Gasteiger partial charge >= 0.3 is 0 Å².